The molecule has 0 spiro atoms. The Morgan fingerprint density at radius 2 is 1.84 bits per heavy atom. The lowest BCUT2D eigenvalue weighted by Crippen LogP contribution is -2.06. The second-order valence-electron chi connectivity index (χ2n) is 3.99. The zero-order chi connectivity index (χ0) is 13.5. The first-order valence-corrected chi connectivity index (χ1v) is 7.29. The lowest BCUT2D eigenvalue weighted by molar-refractivity contribution is 0.597. The molecule has 19 heavy (non-hydrogen) atoms. The minimum atomic E-state index is -3.50. The lowest BCUT2D eigenvalue weighted by Gasteiger charge is -2.03. The van der Waals surface area contributed by atoms with Crippen molar-refractivity contribution in [1.82, 2.24) is 25.2 Å². The van der Waals surface area contributed by atoms with Crippen LogP contribution in [0.1, 0.15) is 0 Å². The molecule has 1 aromatic carbocycles. The molecule has 8 heteroatoms. The molecular weight excluding hydrogens is 266 g/mol. The van der Waals surface area contributed by atoms with E-state index < -0.39 is 9.84 Å². The van der Waals surface area contributed by atoms with Crippen LogP contribution in [0.15, 0.2) is 41.6 Å². The second kappa shape index (κ2) is 4.09. The van der Waals surface area contributed by atoms with E-state index in [4.69, 9.17) is 0 Å². The summed E-state index contributed by atoms with van der Waals surface area (Å²) >= 11 is 0. The first-order chi connectivity index (χ1) is 9.07. The number of para-hydroxylation sites is 1. The number of aromatic nitrogens is 5. The van der Waals surface area contributed by atoms with Gasteiger partial charge >= 0.3 is 0 Å². The summed E-state index contributed by atoms with van der Waals surface area (Å²) in [7, 11) is -3.50. The Morgan fingerprint density at radius 1 is 1.11 bits per heavy atom. The highest BCUT2D eigenvalue weighted by Gasteiger charge is 2.20. The quantitative estimate of drug-likeness (QED) is 0.680. The third kappa shape index (κ3) is 1.95. The molecule has 96 valence electrons. The minimum absolute atomic E-state index is 0.126. The van der Waals surface area contributed by atoms with Gasteiger partial charge in [0.2, 0.25) is 5.03 Å². The molecule has 0 aliphatic heterocycles. The largest absolute Gasteiger partial charge is 0.222 e. The van der Waals surface area contributed by atoms with Gasteiger partial charge in [-0.3, -0.25) is 0 Å². The number of benzene rings is 1. The van der Waals surface area contributed by atoms with E-state index in [0.29, 0.717) is 16.7 Å². The fourth-order valence-corrected chi connectivity index (χ4v) is 2.50. The minimum Gasteiger partial charge on any atom is -0.222 e. The van der Waals surface area contributed by atoms with E-state index in [0.717, 1.165) is 6.26 Å². The molecule has 3 aromatic rings. The summed E-state index contributed by atoms with van der Waals surface area (Å²) in [6.07, 6.45) is 2.47. The highest BCUT2D eigenvalue weighted by molar-refractivity contribution is 7.90. The SMILES string of the molecule is CS(=O)(=O)c1nncc2nnn(-c3ccccc3)c12. The Hall–Kier alpha value is -2.35. The van der Waals surface area contributed by atoms with Crippen LogP contribution in [-0.2, 0) is 9.84 Å². The van der Waals surface area contributed by atoms with Crippen LogP contribution in [0.4, 0.5) is 0 Å². The van der Waals surface area contributed by atoms with E-state index >= 15 is 0 Å². The van der Waals surface area contributed by atoms with E-state index in [9.17, 15) is 8.42 Å². The van der Waals surface area contributed by atoms with E-state index in [-0.39, 0.29) is 5.03 Å². The topological polar surface area (TPSA) is 90.6 Å². The first-order valence-electron chi connectivity index (χ1n) is 5.40. The van der Waals surface area contributed by atoms with E-state index in [1.807, 2.05) is 18.2 Å². The van der Waals surface area contributed by atoms with Crippen LogP contribution >= 0.6 is 0 Å². The molecule has 7 nitrogen and oxygen atoms in total. The third-order valence-corrected chi connectivity index (χ3v) is 3.56. The van der Waals surface area contributed by atoms with Crippen molar-refractivity contribution < 1.29 is 8.42 Å². The lowest BCUT2D eigenvalue weighted by atomic mass is 10.3. The molecule has 0 unspecified atom stereocenters. The van der Waals surface area contributed by atoms with Crippen LogP contribution in [0.2, 0.25) is 0 Å². The van der Waals surface area contributed by atoms with Crippen molar-refractivity contribution in [3.05, 3.63) is 36.5 Å². The summed E-state index contributed by atoms with van der Waals surface area (Å²) in [6, 6.07) is 9.14. The van der Waals surface area contributed by atoms with Gasteiger partial charge in [0, 0.05) is 6.26 Å². The van der Waals surface area contributed by atoms with Crippen molar-refractivity contribution in [3.63, 3.8) is 0 Å². The highest BCUT2D eigenvalue weighted by Crippen LogP contribution is 2.20. The van der Waals surface area contributed by atoms with E-state index in [1.165, 1.54) is 10.9 Å². The maximum Gasteiger partial charge on any atom is 0.205 e. The van der Waals surface area contributed by atoms with Crippen LogP contribution in [0, 0.1) is 0 Å². The van der Waals surface area contributed by atoms with Crippen molar-refractivity contribution in [2.24, 2.45) is 0 Å². The maximum absolute atomic E-state index is 11.8. The number of fused-ring (bicyclic) bond motifs is 1. The molecule has 0 amide bonds. The van der Waals surface area contributed by atoms with Gasteiger partial charge in [-0.25, -0.2) is 13.1 Å². The summed E-state index contributed by atoms with van der Waals surface area (Å²) in [4.78, 5) is 0. The number of hydrogen-bond acceptors (Lipinski definition) is 6. The van der Waals surface area contributed by atoms with Crippen LogP contribution < -0.4 is 0 Å². The predicted molar refractivity (Wildman–Crippen MR) is 67.6 cm³/mol. The zero-order valence-electron chi connectivity index (χ0n) is 9.92. The van der Waals surface area contributed by atoms with Crippen LogP contribution in [0.3, 0.4) is 0 Å². The summed E-state index contributed by atoms with van der Waals surface area (Å²) in [6.45, 7) is 0. The number of hydrogen-bond donors (Lipinski definition) is 0. The fraction of sp³-hybridized carbons (Fsp3) is 0.0909. The molecular formula is C11H9N5O2S. The molecule has 2 aromatic heterocycles. The molecule has 0 saturated heterocycles. The zero-order valence-corrected chi connectivity index (χ0v) is 10.7. The van der Waals surface area contributed by atoms with Crippen LogP contribution in [-0.4, -0.2) is 39.9 Å². The Kier molecular flexibility index (Phi) is 2.53. The third-order valence-electron chi connectivity index (χ3n) is 2.58. The monoisotopic (exact) mass is 275 g/mol. The van der Waals surface area contributed by atoms with Gasteiger partial charge in [0.1, 0.15) is 11.0 Å². The molecule has 0 atom stereocenters. The number of nitrogens with zero attached hydrogens (tertiary/aromatic N) is 5. The molecule has 0 fully saturated rings. The average molecular weight is 275 g/mol. The molecule has 0 bridgehead atoms. The van der Waals surface area contributed by atoms with Gasteiger partial charge in [-0.2, -0.15) is 5.10 Å². The van der Waals surface area contributed by atoms with Crippen molar-refractivity contribution in [3.8, 4) is 5.69 Å². The summed E-state index contributed by atoms with van der Waals surface area (Å²) in [5.41, 5.74) is 1.44. The van der Waals surface area contributed by atoms with Crippen LogP contribution in [0.25, 0.3) is 16.7 Å². The maximum atomic E-state index is 11.8. The number of sulfone groups is 1. The number of rotatable bonds is 2. The van der Waals surface area contributed by atoms with Gasteiger partial charge in [-0.15, -0.1) is 10.2 Å². The summed E-state index contributed by atoms with van der Waals surface area (Å²) in [5, 5.41) is 15.1. The van der Waals surface area contributed by atoms with Gasteiger partial charge in [0.05, 0.1) is 11.9 Å². The smallest absolute Gasteiger partial charge is 0.205 e. The van der Waals surface area contributed by atoms with Gasteiger partial charge in [0.15, 0.2) is 9.84 Å². The molecule has 3 rings (SSSR count). The van der Waals surface area contributed by atoms with Gasteiger partial charge < -0.3 is 0 Å². The molecule has 0 aliphatic rings. The second-order valence-corrected chi connectivity index (χ2v) is 5.92. The standard InChI is InChI=1S/C11H9N5O2S/c1-19(17,18)11-10-9(7-12-14-11)13-15-16(10)8-5-3-2-4-6-8/h2-7H,1H3. The normalized spacial score (nSPS) is 11.8. The Labute approximate surface area is 108 Å². The molecule has 0 saturated carbocycles. The molecule has 0 aliphatic carbocycles. The van der Waals surface area contributed by atoms with Gasteiger partial charge in [-0.1, -0.05) is 23.4 Å². The Bertz CT molecular complexity index is 842. The molecule has 2 heterocycles. The summed E-state index contributed by atoms with van der Waals surface area (Å²) < 4.78 is 25.0. The van der Waals surface area contributed by atoms with Crippen molar-refractivity contribution in [2.75, 3.05) is 6.26 Å². The van der Waals surface area contributed by atoms with Gasteiger partial charge in [0.25, 0.3) is 0 Å². The molecule has 0 radical (unpaired) electrons. The molecule has 0 N–H and O–H groups in total. The average Bonchev–Trinajstić information content (AvgIpc) is 2.82. The fourth-order valence-electron chi connectivity index (χ4n) is 1.76. The predicted octanol–water partition coefficient (Wildman–Crippen LogP) is 0.614. The van der Waals surface area contributed by atoms with Gasteiger partial charge in [-0.05, 0) is 12.1 Å². The van der Waals surface area contributed by atoms with E-state index in [2.05, 4.69) is 20.5 Å². The van der Waals surface area contributed by atoms with Crippen LogP contribution in [0.5, 0.6) is 0 Å². The first kappa shape index (κ1) is 11.7. The highest BCUT2D eigenvalue weighted by atomic mass is 32.2. The van der Waals surface area contributed by atoms with Crippen molar-refractivity contribution in [2.45, 2.75) is 5.03 Å². The Morgan fingerprint density at radius 3 is 2.53 bits per heavy atom. The summed E-state index contributed by atoms with van der Waals surface area (Å²) in [5.74, 6) is 0. The van der Waals surface area contributed by atoms with Crippen molar-refractivity contribution in [1.29, 1.82) is 0 Å². The Balaban J connectivity index is 2.40. The van der Waals surface area contributed by atoms with Crippen molar-refractivity contribution >= 4 is 20.9 Å². The van der Waals surface area contributed by atoms with E-state index in [1.54, 1.807) is 12.1 Å².